The number of rotatable bonds is 0. The van der Waals surface area contributed by atoms with E-state index in [0.29, 0.717) is 0 Å². The Bertz CT molecular complexity index is 1030. The predicted molar refractivity (Wildman–Crippen MR) is 106 cm³/mol. The van der Waals surface area contributed by atoms with Crippen LogP contribution in [-0.4, -0.2) is 15.0 Å². The third-order valence-electron chi connectivity index (χ3n) is 3.48. The molecule has 6 nitrogen and oxygen atoms in total. The van der Waals surface area contributed by atoms with Gasteiger partial charge >= 0.3 is 0 Å². The van der Waals surface area contributed by atoms with E-state index in [1.54, 1.807) is 71.6 Å². The summed E-state index contributed by atoms with van der Waals surface area (Å²) in [6.07, 6.45) is 16.8. The summed E-state index contributed by atoms with van der Waals surface area (Å²) in [6, 6.07) is 5.97. The molecule has 0 amide bonds. The second-order valence-corrected chi connectivity index (χ2v) is 7.96. The molecule has 0 saturated carbocycles. The molecule has 0 bridgehead atoms. The number of thiazole rings is 3. The first kappa shape index (κ1) is 27.3. The molecular weight excluding hydrogens is 777 g/mol. The highest BCUT2D eigenvalue weighted by atomic mass is 127. The van der Waals surface area contributed by atoms with Crippen LogP contribution >= 0.6 is 34.0 Å². The van der Waals surface area contributed by atoms with Gasteiger partial charge in [-0.15, -0.1) is 0 Å². The van der Waals surface area contributed by atoms with Crippen molar-refractivity contribution in [3.63, 3.8) is 0 Å². The van der Waals surface area contributed by atoms with E-state index < -0.39 is 0 Å². The smallest absolute Gasteiger partial charge is 0.291 e. The van der Waals surface area contributed by atoms with Crippen molar-refractivity contribution in [3.8, 4) is 0 Å². The quantitative estimate of drug-likeness (QED) is 0.114. The molecule has 6 rings (SSSR count). The Morgan fingerprint density at radius 1 is 0.500 bits per heavy atom. The number of nitrogens with zero attached hydrogens (tertiary/aromatic N) is 6. The fourth-order valence-electron chi connectivity index (χ4n) is 2.21. The van der Waals surface area contributed by atoms with Crippen LogP contribution in [0, 0.1) is 0 Å². The normalized spacial score (nSPS) is 9.20. The van der Waals surface area contributed by atoms with Crippen LogP contribution in [0.4, 0.5) is 0 Å². The standard InChI is InChI=1S/3C6H5N2S.3HI/c3*1-2-7-5-8-3-4-9-6(1)8;;;/h3*1-5H;3*1H/q3*+1;;;/p-3. The average Bonchev–Trinajstić information content (AvgIpc) is 3.48. The molecule has 0 aromatic carbocycles. The first-order valence-electron chi connectivity index (χ1n) is 7.95. The van der Waals surface area contributed by atoms with Gasteiger partial charge in [-0.3, -0.25) is 0 Å². The first-order valence-corrected chi connectivity index (χ1v) is 10.6. The Morgan fingerprint density at radius 2 is 0.800 bits per heavy atom. The zero-order chi connectivity index (χ0) is 18.3. The Hall–Kier alpha value is -0.690. The van der Waals surface area contributed by atoms with Gasteiger partial charge in [-0.1, -0.05) is 49.0 Å². The molecular formula is C18H15I3N6S3. The highest BCUT2D eigenvalue weighted by molar-refractivity contribution is 7.15. The van der Waals surface area contributed by atoms with Gasteiger partial charge in [-0.25, -0.2) is 0 Å². The molecule has 30 heavy (non-hydrogen) atoms. The van der Waals surface area contributed by atoms with Crippen molar-refractivity contribution in [3.05, 3.63) is 90.5 Å². The molecule has 0 radical (unpaired) electrons. The maximum atomic E-state index is 3.95. The van der Waals surface area contributed by atoms with Gasteiger partial charge in [-0.2, -0.15) is 13.2 Å². The van der Waals surface area contributed by atoms with Crippen molar-refractivity contribution >= 4 is 48.5 Å². The van der Waals surface area contributed by atoms with E-state index in [2.05, 4.69) is 15.0 Å². The molecule has 0 aliphatic heterocycles. The molecule has 156 valence electrons. The lowest BCUT2D eigenvalue weighted by Gasteiger charge is -1.75. The van der Waals surface area contributed by atoms with E-state index in [4.69, 9.17) is 0 Å². The average molecular weight is 792 g/mol. The van der Waals surface area contributed by atoms with E-state index >= 15 is 0 Å². The number of halogens is 3. The van der Waals surface area contributed by atoms with Crippen molar-refractivity contribution in [2.45, 2.75) is 0 Å². The molecule has 0 aliphatic rings. The fourth-order valence-corrected chi connectivity index (χ4v) is 4.32. The van der Waals surface area contributed by atoms with E-state index in [1.165, 1.54) is 14.5 Å². The van der Waals surface area contributed by atoms with Crippen LogP contribution in [0.15, 0.2) is 90.5 Å². The summed E-state index contributed by atoms with van der Waals surface area (Å²) < 4.78 is 5.97. The third kappa shape index (κ3) is 7.47. The van der Waals surface area contributed by atoms with Crippen LogP contribution < -0.4 is 85.1 Å². The Kier molecular flexibility index (Phi) is 13.1. The van der Waals surface area contributed by atoms with Crippen LogP contribution in [-0.2, 0) is 0 Å². The maximum absolute atomic E-state index is 3.95. The van der Waals surface area contributed by atoms with E-state index in [0.717, 1.165) is 0 Å². The lowest BCUT2D eigenvalue weighted by molar-refractivity contribution is -0.511. The summed E-state index contributed by atoms with van der Waals surface area (Å²) >= 11 is 5.13. The molecule has 6 aromatic rings. The second-order valence-electron chi connectivity index (χ2n) is 5.19. The monoisotopic (exact) mass is 792 g/mol. The van der Waals surface area contributed by atoms with Gasteiger partial charge in [0, 0.05) is 34.3 Å². The highest BCUT2D eigenvalue weighted by Crippen LogP contribution is 2.02. The van der Waals surface area contributed by atoms with Gasteiger partial charge in [0.1, 0.15) is 37.2 Å². The largest absolute Gasteiger partial charge is 1.00 e. The summed E-state index contributed by atoms with van der Waals surface area (Å²) in [4.78, 5) is 15.5. The molecule has 0 aliphatic carbocycles. The van der Waals surface area contributed by atoms with Gasteiger partial charge in [0.15, 0.2) is 14.5 Å². The molecule has 0 atom stereocenters. The number of aromatic nitrogens is 6. The SMILES string of the molecule is [I-].[I-].[I-].c1cc2scc[n+]2cn1.c1cc2scc[n+]2cn1.c1cc2scc[n+]2cn1. The van der Waals surface area contributed by atoms with Crippen LogP contribution in [0.25, 0.3) is 14.5 Å². The van der Waals surface area contributed by atoms with Crippen LogP contribution in [0.3, 0.4) is 0 Å². The fraction of sp³-hybridized carbons (Fsp3) is 0. The molecule has 0 saturated heterocycles. The highest BCUT2D eigenvalue weighted by Gasteiger charge is 1.96. The third-order valence-corrected chi connectivity index (χ3v) is 6.02. The lowest BCUT2D eigenvalue weighted by atomic mass is 10.7. The van der Waals surface area contributed by atoms with E-state index in [-0.39, 0.29) is 71.9 Å². The van der Waals surface area contributed by atoms with E-state index in [1.807, 2.05) is 66.1 Å². The number of hydrogen-bond donors (Lipinski definition) is 0. The molecule has 6 heterocycles. The minimum Gasteiger partial charge on any atom is -1.00 e. The van der Waals surface area contributed by atoms with Crippen molar-refractivity contribution < 1.29 is 85.1 Å². The summed E-state index contributed by atoms with van der Waals surface area (Å²) in [5.74, 6) is 0. The van der Waals surface area contributed by atoms with Crippen molar-refractivity contribution in [1.82, 2.24) is 15.0 Å². The summed E-state index contributed by atoms with van der Waals surface area (Å²) in [5, 5.41) is 6.12. The summed E-state index contributed by atoms with van der Waals surface area (Å²) in [5.41, 5.74) is 0. The van der Waals surface area contributed by atoms with Crippen molar-refractivity contribution in [1.29, 1.82) is 0 Å². The number of hydrogen-bond acceptors (Lipinski definition) is 6. The van der Waals surface area contributed by atoms with Crippen molar-refractivity contribution in [2.75, 3.05) is 0 Å². The van der Waals surface area contributed by atoms with Gasteiger partial charge in [0.2, 0.25) is 0 Å². The molecule has 12 heteroatoms. The Labute approximate surface area is 236 Å². The van der Waals surface area contributed by atoms with Crippen LogP contribution in [0.1, 0.15) is 0 Å². The Morgan fingerprint density at radius 3 is 1.07 bits per heavy atom. The predicted octanol–water partition coefficient (Wildman–Crippen LogP) is -6.34. The first-order chi connectivity index (χ1) is 13.4. The molecule has 0 fully saturated rings. The van der Waals surface area contributed by atoms with E-state index in [9.17, 15) is 0 Å². The zero-order valence-electron chi connectivity index (χ0n) is 15.2. The minimum atomic E-state index is 0. The van der Waals surface area contributed by atoms with Crippen LogP contribution in [0.2, 0.25) is 0 Å². The van der Waals surface area contributed by atoms with Gasteiger partial charge < -0.3 is 71.9 Å². The van der Waals surface area contributed by atoms with Crippen molar-refractivity contribution in [2.24, 2.45) is 0 Å². The molecule has 0 unspecified atom stereocenters. The van der Waals surface area contributed by atoms with Crippen LogP contribution in [0.5, 0.6) is 0 Å². The molecule has 6 aromatic heterocycles. The van der Waals surface area contributed by atoms with Gasteiger partial charge in [0.05, 0.1) is 0 Å². The summed E-state index contributed by atoms with van der Waals surface area (Å²) in [7, 11) is 0. The van der Waals surface area contributed by atoms with Gasteiger partial charge in [0.25, 0.3) is 19.0 Å². The number of fused-ring (bicyclic) bond motifs is 3. The topological polar surface area (TPSA) is 51.0 Å². The lowest BCUT2D eigenvalue weighted by Crippen LogP contribution is -3.00. The minimum absolute atomic E-state index is 0. The summed E-state index contributed by atoms with van der Waals surface area (Å²) in [6.45, 7) is 0. The zero-order valence-corrected chi connectivity index (χ0v) is 24.1. The second kappa shape index (κ2) is 14.4. The molecule has 0 spiro atoms. The molecule has 0 N–H and O–H groups in total. The maximum Gasteiger partial charge on any atom is 0.291 e. The van der Waals surface area contributed by atoms with Gasteiger partial charge in [-0.05, 0) is 0 Å². The Balaban J connectivity index is 0.000000214.